The lowest BCUT2D eigenvalue weighted by molar-refractivity contribution is -0.142. The molecule has 0 spiro atoms. The third-order valence-electron chi connectivity index (χ3n) is 3.99. The smallest absolute Gasteiger partial charge is 0.346 e. The number of carbonyl (C=O) groups excluding carboxylic acids is 1. The molecule has 0 saturated carbocycles. The van der Waals surface area contributed by atoms with Crippen LogP contribution in [0.1, 0.15) is 21.7 Å². The molecule has 0 aliphatic heterocycles. The number of aromatic nitrogens is 4. The minimum absolute atomic E-state index is 0.0880. The summed E-state index contributed by atoms with van der Waals surface area (Å²) in [5.74, 6) is -0.628. The molecule has 0 atom stereocenters. The molecule has 0 radical (unpaired) electrons. The largest absolute Gasteiger partial charge is 0.433 e. The van der Waals surface area contributed by atoms with Gasteiger partial charge in [0.1, 0.15) is 0 Å². The number of thiophene rings is 1. The summed E-state index contributed by atoms with van der Waals surface area (Å²) in [4.78, 5) is 21.3. The molecule has 0 aromatic carbocycles. The summed E-state index contributed by atoms with van der Waals surface area (Å²) >= 11 is 4.46. The maximum atomic E-state index is 13.6. The highest BCUT2D eigenvalue weighted by Gasteiger charge is 2.36. The highest BCUT2D eigenvalue weighted by molar-refractivity contribution is 9.10. The molecule has 6 nitrogen and oxygen atoms in total. The van der Waals surface area contributed by atoms with Gasteiger partial charge in [-0.2, -0.15) is 18.3 Å². The number of carbonyl (C=O) groups is 1. The Kier molecular flexibility index (Phi) is 5.09. The Bertz CT molecular complexity index is 1180. The van der Waals surface area contributed by atoms with Crippen molar-refractivity contribution in [3.05, 3.63) is 69.5 Å². The Balaban J connectivity index is 1.76. The van der Waals surface area contributed by atoms with Gasteiger partial charge in [-0.1, -0.05) is 12.1 Å². The van der Waals surface area contributed by atoms with E-state index in [-0.39, 0.29) is 28.1 Å². The molecule has 4 aromatic rings. The third-order valence-corrected chi connectivity index (χ3v) is 5.61. The summed E-state index contributed by atoms with van der Waals surface area (Å²) in [6.45, 7) is 0.160. The number of amides is 1. The van der Waals surface area contributed by atoms with E-state index in [0.29, 0.717) is 9.39 Å². The van der Waals surface area contributed by atoms with E-state index < -0.39 is 17.8 Å². The van der Waals surface area contributed by atoms with Gasteiger partial charge in [0.15, 0.2) is 17.0 Å². The molecular formula is C18H11BrF3N5OS. The average Bonchev–Trinajstić information content (AvgIpc) is 3.34. The first-order chi connectivity index (χ1) is 13.8. The maximum absolute atomic E-state index is 13.6. The SMILES string of the molecule is O=C(NCc1cccnc1)c1nn2c(C(F)(F)F)cc(-c3cccs3)nc2c1Br. The van der Waals surface area contributed by atoms with Crippen molar-refractivity contribution in [3.63, 3.8) is 0 Å². The summed E-state index contributed by atoms with van der Waals surface area (Å²) in [5, 5.41) is 8.25. The Morgan fingerprint density at radius 3 is 2.76 bits per heavy atom. The average molecular weight is 482 g/mol. The van der Waals surface area contributed by atoms with Crippen molar-refractivity contribution in [2.75, 3.05) is 0 Å². The molecule has 4 rings (SSSR count). The van der Waals surface area contributed by atoms with Gasteiger partial charge in [-0.15, -0.1) is 11.3 Å². The van der Waals surface area contributed by atoms with Crippen molar-refractivity contribution in [1.82, 2.24) is 24.9 Å². The van der Waals surface area contributed by atoms with E-state index in [0.717, 1.165) is 11.6 Å². The van der Waals surface area contributed by atoms with Crippen LogP contribution in [0, 0.1) is 0 Å². The van der Waals surface area contributed by atoms with Crippen LogP contribution in [0.3, 0.4) is 0 Å². The highest BCUT2D eigenvalue weighted by atomic mass is 79.9. The number of hydrogen-bond acceptors (Lipinski definition) is 5. The van der Waals surface area contributed by atoms with Crippen molar-refractivity contribution >= 4 is 38.8 Å². The fourth-order valence-electron chi connectivity index (χ4n) is 2.66. The quantitative estimate of drug-likeness (QED) is 0.463. The molecule has 0 fully saturated rings. The van der Waals surface area contributed by atoms with Crippen molar-refractivity contribution in [1.29, 1.82) is 0 Å². The van der Waals surface area contributed by atoms with Crippen LogP contribution in [0.25, 0.3) is 16.2 Å². The lowest BCUT2D eigenvalue weighted by atomic mass is 10.2. The molecule has 11 heteroatoms. The number of alkyl halides is 3. The van der Waals surface area contributed by atoms with Crippen molar-refractivity contribution in [2.45, 2.75) is 12.7 Å². The first-order valence-corrected chi connectivity index (χ1v) is 9.89. The molecule has 0 saturated heterocycles. The van der Waals surface area contributed by atoms with Gasteiger partial charge in [-0.05, 0) is 45.1 Å². The van der Waals surface area contributed by atoms with Crippen molar-refractivity contribution in [3.8, 4) is 10.6 Å². The van der Waals surface area contributed by atoms with E-state index >= 15 is 0 Å². The number of fused-ring (bicyclic) bond motifs is 1. The zero-order valence-electron chi connectivity index (χ0n) is 14.4. The van der Waals surface area contributed by atoms with Gasteiger partial charge in [0.05, 0.1) is 15.0 Å². The lowest BCUT2D eigenvalue weighted by Crippen LogP contribution is -2.24. The summed E-state index contributed by atoms with van der Waals surface area (Å²) in [7, 11) is 0. The van der Waals surface area contributed by atoms with Gasteiger partial charge in [-0.3, -0.25) is 9.78 Å². The summed E-state index contributed by atoms with van der Waals surface area (Å²) in [6, 6.07) is 7.81. The normalized spacial score (nSPS) is 11.7. The number of hydrogen-bond donors (Lipinski definition) is 1. The van der Waals surface area contributed by atoms with Crippen LogP contribution in [-0.2, 0) is 12.7 Å². The van der Waals surface area contributed by atoms with Crippen LogP contribution in [0.5, 0.6) is 0 Å². The van der Waals surface area contributed by atoms with E-state index in [1.54, 1.807) is 42.0 Å². The summed E-state index contributed by atoms with van der Waals surface area (Å²) in [5.41, 5.74) is -0.388. The highest BCUT2D eigenvalue weighted by Crippen LogP contribution is 2.35. The van der Waals surface area contributed by atoms with Crippen LogP contribution in [-0.4, -0.2) is 25.5 Å². The molecule has 4 heterocycles. The number of halogens is 4. The monoisotopic (exact) mass is 481 g/mol. The third kappa shape index (κ3) is 3.87. The Labute approximate surface area is 174 Å². The van der Waals surface area contributed by atoms with Crippen molar-refractivity contribution in [2.24, 2.45) is 0 Å². The van der Waals surface area contributed by atoms with Gasteiger partial charge in [0.25, 0.3) is 5.91 Å². The van der Waals surface area contributed by atoms with Crippen LogP contribution in [0.15, 0.2) is 52.6 Å². The van der Waals surface area contributed by atoms with Gasteiger partial charge in [-0.25, -0.2) is 9.50 Å². The second-order valence-corrected chi connectivity index (χ2v) is 7.68. The number of nitrogens with one attached hydrogen (secondary N) is 1. The van der Waals surface area contributed by atoms with Gasteiger partial charge in [0, 0.05) is 18.9 Å². The summed E-state index contributed by atoms with van der Waals surface area (Å²) in [6.07, 6.45) is -1.50. The Morgan fingerprint density at radius 1 is 1.28 bits per heavy atom. The van der Waals surface area contributed by atoms with Gasteiger partial charge in [0.2, 0.25) is 0 Å². The fraction of sp³-hybridized carbons (Fsp3) is 0.111. The van der Waals surface area contributed by atoms with Crippen molar-refractivity contribution < 1.29 is 18.0 Å². The zero-order chi connectivity index (χ0) is 20.6. The maximum Gasteiger partial charge on any atom is 0.433 e. The molecule has 1 amide bonds. The Hall–Kier alpha value is -2.79. The standard InChI is InChI=1S/C18H11BrF3N5OS/c19-14-15(17(28)24-9-10-3-1-5-23-8-10)26-27-13(18(20,21)22)7-11(25-16(14)27)12-4-2-6-29-12/h1-8H,9H2,(H,24,28). The summed E-state index contributed by atoms with van der Waals surface area (Å²) < 4.78 is 41.7. The van der Waals surface area contributed by atoms with E-state index in [9.17, 15) is 18.0 Å². The molecule has 0 bridgehead atoms. The second-order valence-electron chi connectivity index (χ2n) is 5.94. The predicted molar refractivity (Wildman–Crippen MR) is 104 cm³/mol. The molecular weight excluding hydrogens is 471 g/mol. The zero-order valence-corrected chi connectivity index (χ0v) is 16.8. The molecule has 0 aliphatic carbocycles. The van der Waals surface area contributed by atoms with Crippen LogP contribution >= 0.6 is 27.3 Å². The minimum Gasteiger partial charge on any atom is -0.346 e. The first kappa shape index (κ1) is 19.5. The second kappa shape index (κ2) is 7.56. The number of rotatable bonds is 4. The fourth-order valence-corrected chi connectivity index (χ4v) is 3.86. The van der Waals surface area contributed by atoms with Crippen LogP contribution < -0.4 is 5.32 Å². The van der Waals surface area contributed by atoms with E-state index in [4.69, 9.17) is 0 Å². The van der Waals surface area contributed by atoms with E-state index in [1.165, 1.54) is 11.3 Å². The molecule has 148 valence electrons. The lowest BCUT2D eigenvalue weighted by Gasteiger charge is -2.10. The number of pyridine rings is 1. The van der Waals surface area contributed by atoms with Gasteiger partial charge >= 0.3 is 6.18 Å². The van der Waals surface area contributed by atoms with Gasteiger partial charge < -0.3 is 5.32 Å². The van der Waals surface area contributed by atoms with E-state index in [1.807, 2.05) is 0 Å². The van der Waals surface area contributed by atoms with Crippen LogP contribution in [0.4, 0.5) is 13.2 Å². The topological polar surface area (TPSA) is 72.2 Å². The van der Waals surface area contributed by atoms with Crippen LogP contribution in [0.2, 0.25) is 0 Å². The Morgan fingerprint density at radius 2 is 2.10 bits per heavy atom. The predicted octanol–water partition coefficient (Wildman–Crippen LogP) is 4.56. The molecule has 29 heavy (non-hydrogen) atoms. The minimum atomic E-state index is -4.68. The molecule has 0 aliphatic rings. The van der Waals surface area contributed by atoms with E-state index in [2.05, 4.69) is 36.3 Å². The molecule has 1 N–H and O–H groups in total. The first-order valence-electron chi connectivity index (χ1n) is 8.22. The molecule has 0 unspecified atom stereocenters. The molecule has 4 aromatic heterocycles. The number of nitrogens with zero attached hydrogens (tertiary/aromatic N) is 4.